The number of rotatable bonds is 15. The molecule has 0 fully saturated rings. The molecule has 0 bridgehead atoms. The van der Waals surface area contributed by atoms with Gasteiger partial charge in [-0.25, -0.2) is 9.13 Å². The average molecular weight is 462 g/mol. The number of carbonyl (C=O) groups is 2. The summed E-state index contributed by atoms with van der Waals surface area (Å²) in [6.07, 6.45) is 1.24. The van der Waals surface area contributed by atoms with Gasteiger partial charge in [0, 0.05) is 25.7 Å². The van der Waals surface area contributed by atoms with E-state index in [0.717, 1.165) is 0 Å². The molecule has 10 nitrogen and oxygen atoms in total. The van der Waals surface area contributed by atoms with Gasteiger partial charge in [-0.2, -0.15) is 0 Å². The number of ketones is 2. The third-order valence-corrected chi connectivity index (χ3v) is 5.02. The minimum Gasteiger partial charge on any atom is -0.303 e. The van der Waals surface area contributed by atoms with E-state index in [2.05, 4.69) is 9.05 Å². The molecule has 29 heavy (non-hydrogen) atoms. The van der Waals surface area contributed by atoms with Crippen molar-refractivity contribution in [2.75, 3.05) is 13.2 Å². The predicted molar refractivity (Wildman–Crippen MR) is 108 cm³/mol. The molecule has 0 aliphatic heterocycles. The van der Waals surface area contributed by atoms with Gasteiger partial charge in [0.1, 0.15) is 11.6 Å². The van der Waals surface area contributed by atoms with Crippen molar-refractivity contribution in [2.24, 2.45) is 10.8 Å². The molecule has 0 heterocycles. The maximum Gasteiger partial charge on any atom is 0.469 e. The quantitative estimate of drug-likeness (QED) is 0.265. The van der Waals surface area contributed by atoms with E-state index in [1.54, 1.807) is 27.7 Å². The second-order valence-corrected chi connectivity index (χ2v) is 10.9. The fourth-order valence-electron chi connectivity index (χ4n) is 2.15. The summed E-state index contributed by atoms with van der Waals surface area (Å²) in [6, 6.07) is 0. The summed E-state index contributed by atoms with van der Waals surface area (Å²) < 4.78 is 30.4. The van der Waals surface area contributed by atoms with E-state index in [1.807, 2.05) is 0 Å². The third kappa shape index (κ3) is 19.3. The summed E-state index contributed by atoms with van der Waals surface area (Å²) in [4.78, 5) is 58.8. The normalized spacial score (nSPS) is 13.1. The molecule has 0 saturated heterocycles. The highest BCUT2D eigenvalue weighted by Crippen LogP contribution is 2.40. The van der Waals surface area contributed by atoms with E-state index >= 15 is 0 Å². The molecule has 0 aliphatic rings. The second kappa shape index (κ2) is 12.4. The van der Waals surface area contributed by atoms with Gasteiger partial charge in [-0.05, 0) is 23.7 Å². The van der Waals surface area contributed by atoms with E-state index in [4.69, 9.17) is 19.6 Å². The van der Waals surface area contributed by atoms with Crippen LogP contribution >= 0.6 is 15.6 Å². The van der Waals surface area contributed by atoms with E-state index < -0.39 is 26.5 Å². The zero-order valence-electron chi connectivity index (χ0n) is 16.8. The van der Waals surface area contributed by atoms with Crippen molar-refractivity contribution in [3.8, 4) is 0 Å². The van der Waals surface area contributed by atoms with Crippen molar-refractivity contribution in [2.45, 2.75) is 73.6 Å². The zero-order chi connectivity index (χ0) is 22.2. The number of carbonyl (C=O) groups excluding carboxylic acids is 2. The lowest BCUT2D eigenvalue weighted by molar-refractivity contribution is -0.124. The molecule has 0 unspecified atom stereocenters. The van der Waals surface area contributed by atoms with Crippen LogP contribution < -0.4 is 0 Å². The van der Waals surface area contributed by atoms with E-state index in [-0.39, 0.29) is 57.9 Å². The predicted octanol–water partition coefficient (Wildman–Crippen LogP) is 3.37. The monoisotopic (exact) mass is 462 g/mol. The van der Waals surface area contributed by atoms with Crippen LogP contribution in [0.3, 0.4) is 0 Å². The van der Waals surface area contributed by atoms with Gasteiger partial charge >= 0.3 is 15.6 Å². The smallest absolute Gasteiger partial charge is 0.303 e. The van der Waals surface area contributed by atoms with Gasteiger partial charge in [0.2, 0.25) is 0 Å². The molecule has 0 aromatic rings. The van der Waals surface area contributed by atoms with E-state index in [0.29, 0.717) is 12.8 Å². The lowest BCUT2D eigenvalue weighted by Crippen LogP contribution is -2.21. The number of hydrogen-bond acceptors (Lipinski definition) is 6. The lowest BCUT2D eigenvalue weighted by atomic mass is 9.86. The van der Waals surface area contributed by atoms with Gasteiger partial charge in [0.05, 0.1) is 13.2 Å². The Bertz CT molecular complexity index is 564. The van der Waals surface area contributed by atoms with Crippen LogP contribution in [-0.4, -0.2) is 44.4 Å². The Morgan fingerprint density at radius 2 is 0.966 bits per heavy atom. The Balaban J connectivity index is 0. The van der Waals surface area contributed by atoms with Crippen LogP contribution in [0.25, 0.3) is 0 Å². The van der Waals surface area contributed by atoms with Gasteiger partial charge in [-0.3, -0.25) is 18.6 Å². The average Bonchev–Trinajstić information content (AvgIpc) is 2.52. The maximum atomic E-state index is 12.0. The Labute approximate surface area is 172 Å². The number of phosphoric ester groups is 2. The highest BCUT2D eigenvalue weighted by molar-refractivity contribution is 7.46. The zero-order valence-corrected chi connectivity index (χ0v) is 18.6. The van der Waals surface area contributed by atoms with Gasteiger partial charge < -0.3 is 19.6 Å². The van der Waals surface area contributed by atoms with Crippen molar-refractivity contribution >= 4 is 27.2 Å². The molecule has 12 heteroatoms. The minimum absolute atomic E-state index is 0. The molecule has 0 amide bonds. The first-order valence-electron chi connectivity index (χ1n) is 8.84. The molecular formula is C17H36O10P2. The summed E-state index contributed by atoms with van der Waals surface area (Å²) >= 11 is 0. The summed E-state index contributed by atoms with van der Waals surface area (Å²) in [5.74, 6) is -0.247. The molecule has 0 aromatic heterocycles. The molecule has 0 aliphatic carbocycles. The summed E-state index contributed by atoms with van der Waals surface area (Å²) in [5.41, 5.74) is -1.19. The van der Waals surface area contributed by atoms with Crippen LogP contribution in [0.2, 0.25) is 0 Å². The SMILES string of the molecule is C.CC(C)(CCC(=O)CCC(=O)CCC(C)(C)COP(=O)(O)O)COP(=O)(O)O. The topological polar surface area (TPSA) is 168 Å². The van der Waals surface area contributed by atoms with E-state index in [1.165, 1.54) is 0 Å². The fraction of sp³-hybridized carbons (Fsp3) is 0.882. The number of phosphoric acid groups is 2. The highest BCUT2D eigenvalue weighted by Gasteiger charge is 2.26. The first-order valence-corrected chi connectivity index (χ1v) is 11.9. The highest BCUT2D eigenvalue weighted by atomic mass is 31.2. The van der Waals surface area contributed by atoms with Gasteiger partial charge in [0.25, 0.3) is 0 Å². The van der Waals surface area contributed by atoms with Gasteiger partial charge in [-0.15, -0.1) is 0 Å². The molecule has 0 rings (SSSR count). The van der Waals surface area contributed by atoms with Crippen molar-refractivity contribution in [1.82, 2.24) is 0 Å². The van der Waals surface area contributed by atoms with Crippen LogP contribution in [0.4, 0.5) is 0 Å². The maximum absolute atomic E-state index is 12.0. The van der Waals surface area contributed by atoms with Crippen molar-refractivity contribution in [3.63, 3.8) is 0 Å². The molecule has 0 spiro atoms. The van der Waals surface area contributed by atoms with Crippen LogP contribution in [0.5, 0.6) is 0 Å². The third-order valence-electron chi connectivity index (χ3n) is 4.09. The van der Waals surface area contributed by atoms with Gasteiger partial charge in [0.15, 0.2) is 0 Å². The Kier molecular flexibility index (Phi) is 13.2. The molecular weight excluding hydrogens is 426 g/mol. The van der Waals surface area contributed by atoms with Crippen LogP contribution in [0, 0.1) is 10.8 Å². The molecule has 0 atom stereocenters. The molecule has 174 valence electrons. The second-order valence-electron chi connectivity index (χ2n) is 8.43. The molecule has 0 saturated carbocycles. The Hall–Kier alpha value is -0.440. The standard InChI is InChI=1S/C16H32O10P2.CH4/c1-15(2,11-25-27(19,20)21)9-7-13(17)5-6-14(18)8-10-16(3,4)12-26-28(22,23)24;/h5-12H2,1-4H3,(H2,19,20,21)(H2,22,23,24);1H4. The van der Waals surface area contributed by atoms with Crippen molar-refractivity contribution in [3.05, 3.63) is 0 Å². The van der Waals surface area contributed by atoms with Crippen LogP contribution in [0.1, 0.15) is 73.6 Å². The summed E-state index contributed by atoms with van der Waals surface area (Å²) in [7, 11) is -9.11. The molecule has 0 aromatic carbocycles. The van der Waals surface area contributed by atoms with Crippen LogP contribution in [0.15, 0.2) is 0 Å². The number of Topliss-reactive ketones (excluding diaryl/α,β-unsaturated/α-hetero) is 2. The molecule has 4 N–H and O–H groups in total. The number of hydrogen-bond donors (Lipinski definition) is 4. The van der Waals surface area contributed by atoms with Gasteiger partial charge in [-0.1, -0.05) is 35.1 Å². The first kappa shape index (κ1) is 30.8. The van der Waals surface area contributed by atoms with Crippen molar-refractivity contribution < 1.29 is 47.3 Å². The van der Waals surface area contributed by atoms with Crippen molar-refractivity contribution in [1.29, 1.82) is 0 Å². The largest absolute Gasteiger partial charge is 0.469 e. The first-order chi connectivity index (χ1) is 12.4. The fourth-order valence-corrected chi connectivity index (χ4v) is 3.18. The minimum atomic E-state index is -4.55. The Morgan fingerprint density at radius 3 is 1.21 bits per heavy atom. The van der Waals surface area contributed by atoms with E-state index in [9.17, 15) is 18.7 Å². The van der Waals surface area contributed by atoms with Crippen LogP contribution in [-0.2, 0) is 27.8 Å². The summed E-state index contributed by atoms with van der Waals surface area (Å²) in [5, 5.41) is 0. The summed E-state index contributed by atoms with van der Waals surface area (Å²) in [6.45, 7) is 6.53. The Morgan fingerprint density at radius 1 is 0.690 bits per heavy atom. The molecule has 0 radical (unpaired) electrons. The lowest BCUT2D eigenvalue weighted by Gasteiger charge is -2.24.